The van der Waals surface area contributed by atoms with Crippen molar-refractivity contribution in [1.29, 1.82) is 0 Å². The highest BCUT2D eigenvalue weighted by atomic mass is 16.3. The summed E-state index contributed by atoms with van der Waals surface area (Å²) in [7, 11) is 4.38. The van der Waals surface area contributed by atoms with Crippen LogP contribution in [0.25, 0.3) is 27.5 Å². The van der Waals surface area contributed by atoms with Gasteiger partial charge in [-0.25, -0.2) is 9.97 Å². The molecule has 0 aliphatic carbocycles. The van der Waals surface area contributed by atoms with Crippen molar-refractivity contribution in [2.45, 2.75) is 70.6 Å². The van der Waals surface area contributed by atoms with Crippen LogP contribution in [0.15, 0.2) is 89.4 Å². The fraction of sp³-hybridized carbons (Fsp3) is 0.333. The van der Waals surface area contributed by atoms with E-state index in [1.165, 1.54) is 62.8 Å². The number of allylic oxidation sites excluding steroid dienone is 1. The zero-order valence-electron chi connectivity index (χ0n) is 27.3. The van der Waals surface area contributed by atoms with Gasteiger partial charge in [0.15, 0.2) is 17.2 Å². The van der Waals surface area contributed by atoms with E-state index in [-0.39, 0.29) is 17.7 Å². The SMILES string of the molecule is CCCCc1ccc2c(c1)oc1c3c(ccc12)C(CC)(CC)C1=C(C2N(C)C=CN32)C2N(C)c3nccnc3N2c2ccccc21. The summed E-state index contributed by atoms with van der Waals surface area (Å²) in [4.78, 5) is 19.4. The molecule has 0 spiro atoms. The van der Waals surface area contributed by atoms with E-state index < -0.39 is 0 Å². The molecule has 2 atom stereocenters. The Morgan fingerprint density at radius 2 is 1.63 bits per heavy atom. The van der Waals surface area contributed by atoms with E-state index in [0.717, 1.165) is 42.1 Å². The maximum atomic E-state index is 6.98. The zero-order chi connectivity index (χ0) is 31.3. The molecule has 9 rings (SSSR count). The lowest BCUT2D eigenvalue weighted by atomic mass is 9.65. The largest absolute Gasteiger partial charge is 0.454 e. The highest BCUT2D eigenvalue weighted by Crippen LogP contribution is 2.61. The Balaban J connectivity index is 1.37. The highest BCUT2D eigenvalue weighted by molar-refractivity contribution is 6.11. The van der Waals surface area contributed by atoms with Crippen LogP contribution in [0.3, 0.4) is 0 Å². The summed E-state index contributed by atoms with van der Waals surface area (Å²) in [5.41, 5.74) is 10.8. The summed E-state index contributed by atoms with van der Waals surface area (Å²) in [6, 6.07) is 20.5. The van der Waals surface area contributed by atoms with Gasteiger partial charge in [0.1, 0.15) is 17.9 Å². The third-order valence-corrected chi connectivity index (χ3v) is 11.2. The highest BCUT2D eigenvalue weighted by Gasteiger charge is 2.55. The first-order chi connectivity index (χ1) is 22.5. The third kappa shape index (κ3) is 3.38. The van der Waals surface area contributed by atoms with E-state index in [1.807, 2.05) is 12.4 Å². The molecule has 2 unspecified atom stereocenters. The maximum Gasteiger partial charge on any atom is 0.178 e. The van der Waals surface area contributed by atoms with Crippen LogP contribution in [-0.2, 0) is 11.8 Å². The Morgan fingerprint density at radius 3 is 2.43 bits per heavy atom. The third-order valence-electron chi connectivity index (χ3n) is 11.2. The van der Waals surface area contributed by atoms with Gasteiger partial charge < -0.3 is 19.1 Å². The molecule has 46 heavy (non-hydrogen) atoms. The summed E-state index contributed by atoms with van der Waals surface area (Å²) in [5.74, 6) is 1.82. The fourth-order valence-electron chi connectivity index (χ4n) is 8.99. The number of benzene rings is 3. The van der Waals surface area contributed by atoms with Crippen molar-refractivity contribution in [3.63, 3.8) is 0 Å². The molecule has 5 aromatic rings. The van der Waals surface area contributed by atoms with Crippen LogP contribution < -0.4 is 14.7 Å². The minimum Gasteiger partial charge on any atom is -0.454 e. The van der Waals surface area contributed by atoms with Crippen LogP contribution >= 0.6 is 0 Å². The summed E-state index contributed by atoms with van der Waals surface area (Å²) in [6.45, 7) is 6.98. The minimum absolute atomic E-state index is 0.0507. The average molecular weight is 609 g/mol. The van der Waals surface area contributed by atoms with Crippen molar-refractivity contribution < 1.29 is 4.42 Å². The second-order valence-electron chi connectivity index (χ2n) is 13.3. The molecular formula is C39H40N6O. The molecule has 7 heteroatoms. The molecule has 4 aliphatic rings. The van der Waals surface area contributed by atoms with Gasteiger partial charge >= 0.3 is 0 Å². The van der Waals surface area contributed by atoms with Crippen LogP contribution in [0.4, 0.5) is 23.0 Å². The molecule has 4 aliphatic heterocycles. The molecular weight excluding hydrogens is 568 g/mol. The Hall–Kier alpha value is -4.78. The van der Waals surface area contributed by atoms with Gasteiger partial charge in [-0.1, -0.05) is 69.7 Å². The van der Waals surface area contributed by atoms with E-state index in [4.69, 9.17) is 14.4 Å². The molecule has 6 heterocycles. The monoisotopic (exact) mass is 608 g/mol. The molecule has 7 nitrogen and oxygen atoms in total. The number of hydrogen-bond acceptors (Lipinski definition) is 7. The molecule has 3 aromatic carbocycles. The molecule has 0 saturated carbocycles. The van der Waals surface area contributed by atoms with Crippen LogP contribution in [0.1, 0.15) is 63.1 Å². The predicted molar refractivity (Wildman–Crippen MR) is 187 cm³/mol. The van der Waals surface area contributed by atoms with Crippen molar-refractivity contribution in [2.24, 2.45) is 0 Å². The van der Waals surface area contributed by atoms with Gasteiger partial charge in [-0.15, -0.1) is 0 Å². The Morgan fingerprint density at radius 1 is 0.848 bits per heavy atom. The number of aromatic nitrogens is 2. The number of likely N-dealkylation sites (N-methyl/N-ethyl adjacent to an activating group) is 2. The normalized spacial score (nSPS) is 20.5. The number of aryl methyl sites for hydroxylation is 1. The summed E-state index contributed by atoms with van der Waals surface area (Å²) in [6.07, 6.45) is 13.3. The molecule has 0 bridgehead atoms. The molecule has 0 saturated heterocycles. The van der Waals surface area contributed by atoms with Crippen molar-refractivity contribution >= 4 is 50.5 Å². The van der Waals surface area contributed by atoms with E-state index in [9.17, 15) is 0 Å². The second-order valence-corrected chi connectivity index (χ2v) is 13.3. The molecule has 0 fully saturated rings. The summed E-state index contributed by atoms with van der Waals surface area (Å²) in [5, 5.41) is 2.37. The quantitative estimate of drug-likeness (QED) is 0.198. The van der Waals surface area contributed by atoms with Crippen molar-refractivity contribution in [3.05, 3.63) is 102 Å². The minimum atomic E-state index is -0.248. The van der Waals surface area contributed by atoms with Crippen LogP contribution in [-0.4, -0.2) is 41.3 Å². The first-order valence-corrected chi connectivity index (χ1v) is 16.9. The number of furan rings is 1. The van der Waals surface area contributed by atoms with E-state index in [1.54, 1.807) is 0 Å². The number of nitrogens with zero attached hydrogens (tertiary/aromatic N) is 6. The Kier molecular flexibility index (Phi) is 5.90. The Labute approximate surface area is 270 Å². The van der Waals surface area contributed by atoms with Crippen molar-refractivity contribution in [2.75, 3.05) is 28.8 Å². The maximum absolute atomic E-state index is 6.98. The first-order valence-electron chi connectivity index (χ1n) is 16.9. The topological polar surface area (TPSA) is 51.9 Å². The lowest BCUT2D eigenvalue weighted by Gasteiger charge is -2.46. The molecule has 0 N–H and O–H groups in total. The predicted octanol–water partition coefficient (Wildman–Crippen LogP) is 8.72. The van der Waals surface area contributed by atoms with E-state index >= 15 is 0 Å². The van der Waals surface area contributed by atoms with Gasteiger partial charge in [0.2, 0.25) is 0 Å². The van der Waals surface area contributed by atoms with Gasteiger partial charge in [-0.05, 0) is 54.5 Å². The zero-order valence-corrected chi connectivity index (χ0v) is 27.3. The lowest BCUT2D eigenvalue weighted by molar-refractivity contribution is 0.384. The number of unbranched alkanes of at least 4 members (excludes halogenated alkanes) is 1. The number of para-hydroxylation sites is 1. The summed E-state index contributed by atoms with van der Waals surface area (Å²) < 4.78 is 6.98. The van der Waals surface area contributed by atoms with E-state index in [2.05, 4.69) is 121 Å². The fourth-order valence-corrected chi connectivity index (χ4v) is 8.99. The van der Waals surface area contributed by atoms with Gasteiger partial charge in [-0.2, -0.15) is 0 Å². The van der Waals surface area contributed by atoms with Crippen LogP contribution in [0.2, 0.25) is 0 Å². The van der Waals surface area contributed by atoms with Gasteiger partial charge in [0, 0.05) is 66.2 Å². The van der Waals surface area contributed by atoms with Crippen molar-refractivity contribution in [1.82, 2.24) is 14.9 Å². The molecule has 2 aromatic heterocycles. The average Bonchev–Trinajstić information content (AvgIpc) is 3.73. The first kappa shape index (κ1) is 27.5. The molecule has 232 valence electrons. The van der Waals surface area contributed by atoms with Gasteiger partial charge in [-0.3, -0.25) is 4.90 Å². The number of anilines is 4. The van der Waals surface area contributed by atoms with Gasteiger partial charge in [0.05, 0.1) is 11.4 Å². The smallest absolute Gasteiger partial charge is 0.178 e. The van der Waals surface area contributed by atoms with Crippen molar-refractivity contribution in [3.8, 4) is 0 Å². The molecule has 0 amide bonds. The van der Waals surface area contributed by atoms with Crippen LogP contribution in [0.5, 0.6) is 0 Å². The van der Waals surface area contributed by atoms with E-state index in [0.29, 0.717) is 0 Å². The lowest BCUT2D eigenvalue weighted by Crippen LogP contribution is -2.52. The summed E-state index contributed by atoms with van der Waals surface area (Å²) >= 11 is 0. The number of hydrogen-bond donors (Lipinski definition) is 0. The second kappa shape index (κ2) is 9.86. The van der Waals surface area contributed by atoms with Crippen LogP contribution in [0, 0.1) is 0 Å². The van der Waals surface area contributed by atoms with Gasteiger partial charge in [0.25, 0.3) is 0 Å². The Bertz CT molecular complexity index is 2100. The molecule has 0 radical (unpaired) electrons. The number of fused-ring (bicyclic) bond motifs is 15. The standard InChI is InChI=1S/C39H40N6O/c1-6-9-12-24-15-16-25-26-17-18-28-33(34(26)46-30(25)23-24)44-22-21-42(4)37(44)31-32(39(28,7-2)8-3)27-13-10-11-14-29(27)45-36-35(40-19-20-41-36)43(5)38(31)45/h10-11,13-23,37-38H,6-9,12H2,1-5H3. The number of rotatable bonds is 5.